The Balaban J connectivity index is 2.05. The summed E-state index contributed by atoms with van der Waals surface area (Å²) in [6, 6.07) is 13.5. The molecule has 8 heteroatoms. The molecule has 2 aromatic carbocycles. The summed E-state index contributed by atoms with van der Waals surface area (Å²) in [5.41, 5.74) is 3.09. The molecule has 22 heavy (non-hydrogen) atoms. The molecule has 0 fully saturated rings. The molecular weight excluding hydrogens is 304 g/mol. The summed E-state index contributed by atoms with van der Waals surface area (Å²) in [7, 11) is 0. The van der Waals surface area contributed by atoms with E-state index in [0.29, 0.717) is 0 Å². The Hall–Kier alpha value is -3.00. The maximum Gasteiger partial charge on any atom is 0.294 e. The molecule has 7 nitrogen and oxygen atoms in total. The molecule has 1 aromatic heterocycles. The van der Waals surface area contributed by atoms with Crippen molar-refractivity contribution in [2.24, 2.45) is 5.10 Å². The molecule has 2 N–H and O–H groups in total. The summed E-state index contributed by atoms with van der Waals surface area (Å²) in [5, 5.41) is 14.9. The van der Waals surface area contributed by atoms with E-state index in [1.54, 1.807) is 18.2 Å². The molecule has 3 rings (SSSR count). The third-order valence-electron chi connectivity index (χ3n) is 2.91. The summed E-state index contributed by atoms with van der Waals surface area (Å²) in [6.07, 6.45) is 0. The molecule has 0 saturated heterocycles. The lowest BCUT2D eigenvalue weighted by Gasteiger charge is -2.01. The molecule has 0 saturated carbocycles. The van der Waals surface area contributed by atoms with Gasteiger partial charge in [0.25, 0.3) is 11.2 Å². The van der Waals surface area contributed by atoms with Crippen molar-refractivity contribution >= 4 is 32.9 Å². The first-order valence-electron chi connectivity index (χ1n) is 6.30. The zero-order chi connectivity index (χ0) is 15.5. The van der Waals surface area contributed by atoms with Gasteiger partial charge < -0.3 is 4.98 Å². The van der Waals surface area contributed by atoms with E-state index in [4.69, 9.17) is 0 Å². The summed E-state index contributed by atoms with van der Waals surface area (Å²) in [5.74, 6) is 0. The minimum absolute atomic E-state index is 0.103. The number of nitro groups is 1. The van der Waals surface area contributed by atoms with E-state index in [1.165, 1.54) is 23.5 Å². The summed E-state index contributed by atoms with van der Waals surface area (Å²) in [6.45, 7) is 0. The number of rotatable bonds is 3. The second-order valence-electron chi connectivity index (χ2n) is 4.36. The van der Waals surface area contributed by atoms with Crippen LogP contribution < -0.4 is 15.7 Å². The van der Waals surface area contributed by atoms with Crippen molar-refractivity contribution in [1.82, 2.24) is 4.98 Å². The van der Waals surface area contributed by atoms with E-state index in [0.717, 1.165) is 10.2 Å². The number of fused-ring (bicyclic) bond motifs is 1. The monoisotopic (exact) mass is 314 g/mol. The van der Waals surface area contributed by atoms with Gasteiger partial charge in [-0.15, -0.1) is 11.3 Å². The molecule has 3 aromatic rings. The molecule has 0 aliphatic heterocycles. The van der Waals surface area contributed by atoms with Crippen LogP contribution in [-0.4, -0.2) is 9.91 Å². The maximum absolute atomic E-state index is 12.0. The minimum Gasteiger partial charge on any atom is -0.319 e. The Morgan fingerprint density at radius 1 is 1.14 bits per heavy atom. The van der Waals surface area contributed by atoms with Crippen LogP contribution in [0.5, 0.6) is 0 Å². The molecule has 0 amide bonds. The van der Waals surface area contributed by atoms with Gasteiger partial charge in [0.15, 0.2) is 0 Å². The highest BCUT2D eigenvalue weighted by molar-refractivity contribution is 7.16. The number of para-hydroxylation sites is 3. The molecule has 0 radical (unpaired) electrons. The second kappa shape index (κ2) is 5.78. The average molecular weight is 314 g/mol. The Labute approximate surface area is 127 Å². The normalized spacial score (nSPS) is 11.5. The van der Waals surface area contributed by atoms with E-state index in [1.807, 2.05) is 18.2 Å². The lowest BCUT2D eigenvalue weighted by atomic mass is 10.3. The van der Waals surface area contributed by atoms with Gasteiger partial charge in [0.05, 0.1) is 15.1 Å². The number of benzene rings is 2. The highest BCUT2D eigenvalue weighted by atomic mass is 32.1. The van der Waals surface area contributed by atoms with Gasteiger partial charge in [0.1, 0.15) is 5.69 Å². The standard InChI is InChI=1S/C14H10N4O3S/c19-13-14(22-12-8-4-2-6-10(12)15-13)17-16-9-5-1-3-7-11(9)18(20)21/h1-8,16H,(H,15,19)/b17-14-. The molecule has 0 unspecified atom stereocenters. The number of hydrogen-bond acceptors (Lipinski definition) is 6. The van der Waals surface area contributed by atoms with Gasteiger partial charge in [-0.3, -0.25) is 20.3 Å². The van der Waals surface area contributed by atoms with Crippen LogP contribution >= 0.6 is 11.3 Å². The second-order valence-corrected chi connectivity index (χ2v) is 5.39. The average Bonchev–Trinajstić information content (AvgIpc) is 2.53. The quantitative estimate of drug-likeness (QED) is 0.572. The van der Waals surface area contributed by atoms with Crippen molar-refractivity contribution < 1.29 is 4.92 Å². The molecule has 110 valence electrons. The first kappa shape index (κ1) is 14.0. The van der Waals surface area contributed by atoms with Crippen LogP contribution in [0.1, 0.15) is 0 Å². The van der Waals surface area contributed by atoms with Gasteiger partial charge in [0, 0.05) is 6.07 Å². The van der Waals surface area contributed by atoms with E-state index >= 15 is 0 Å². The first-order valence-corrected chi connectivity index (χ1v) is 7.12. The maximum atomic E-state index is 12.0. The molecule has 0 aliphatic rings. The number of nitrogens with zero attached hydrogens (tertiary/aromatic N) is 2. The predicted octanol–water partition coefficient (Wildman–Crippen LogP) is 2.43. The van der Waals surface area contributed by atoms with Crippen molar-refractivity contribution in [2.75, 3.05) is 5.43 Å². The minimum atomic E-state index is -0.508. The van der Waals surface area contributed by atoms with Crippen molar-refractivity contribution in [3.8, 4) is 0 Å². The number of aromatic nitrogens is 1. The van der Waals surface area contributed by atoms with Crippen LogP contribution in [0.2, 0.25) is 0 Å². The Kier molecular flexibility index (Phi) is 3.67. The van der Waals surface area contributed by atoms with Crippen molar-refractivity contribution in [3.63, 3.8) is 0 Å². The first-order chi connectivity index (χ1) is 10.6. The van der Waals surface area contributed by atoms with Crippen LogP contribution in [-0.2, 0) is 0 Å². The van der Waals surface area contributed by atoms with Crippen LogP contribution in [0.3, 0.4) is 0 Å². The Morgan fingerprint density at radius 3 is 2.68 bits per heavy atom. The van der Waals surface area contributed by atoms with Crippen LogP contribution in [0.4, 0.5) is 11.4 Å². The van der Waals surface area contributed by atoms with Crippen LogP contribution in [0.25, 0.3) is 10.2 Å². The number of H-pyrrole nitrogens is 1. The summed E-state index contributed by atoms with van der Waals surface area (Å²) >= 11 is 1.20. The molecule has 0 spiro atoms. The topological polar surface area (TPSA) is 100 Å². The lowest BCUT2D eigenvalue weighted by molar-refractivity contribution is -0.384. The molecule has 1 heterocycles. The fourth-order valence-electron chi connectivity index (χ4n) is 1.90. The van der Waals surface area contributed by atoms with Gasteiger partial charge >= 0.3 is 0 Å². The van der Waals surface area contributed by atoms with Crippen molar-refractivity contribution in [1.29, 1.82) is 0 Å². The predicted molar refractivity (Wildman–Crippen MR) is 84.7 cm³/mol. The SMILES string of the molecule is O=c1[nH]c2ccccc2s/c1=N\Nc1ccccc1[N+](=O)[O-]. The van der Waals surface area contributed by atoms with E-state index in [9.17, 15) is 14.9 Å². The van der Waals surface area contributed by atoms with Gasteiger partial charge in [-0.05, 0) is 18.2 Å². The van der Waals surface area contributed by atoms with Gasteiger partial charge in [-0.1, -0.05) is 24.3 Å². The largest absolute Gasteiger partial charge is 0.319 e. The summed E-state index contributed by atoms with van der Waals surface area (Å²) < 4.78 is 1.06. The number of hydrogen-bond donors (Lipinski definition) is 2. The third-order valence-corrected chi connectivity index (χ3v) is 3.96. The molecule has 0 atom stereocenters. The van der Waals surface area contributed by atoms with Crippen molar-refractivity contribution in [2.45, 2.75) is 0 Å². The number of anilines is 1. The van der Waals surface area contributed by atoms with Gasteiger partial charge in [-0.25, -0.2) is 0 Å². The van der Waals surface area contributed by atoms with Gasteiger partial charge in [-0.2, -0.15) is 5.10 Å². The fourth-order valence-corrected chi connectivity index (χ4v) is 2.72. The van der Waals surface area contributed by atoms with Crippen LogP contribution in [0.15, 0.2) is 58.4 Å². The zero-order valence-corrected chi connectivity index (χ0v) is 12.0. The summed E-state index contributed by atoms with van der Waals surface area (Å²) in [4.78, 5) is 25.1. The lowest BCUT2D eigenvalue weighted by Crippen LogP contribution is -2.26. The molecule has 0 aliphatic carbocycles. The highest BCUT2D eigenvalue weighted by Crippen LogP contribution is 2.22. The Bertz CT molecular complexity index is 977. The van der Waals surface area contributed by atoms with E-state index in [-0.39, 0.29) is 21.6 Å². The third kappa shape index (κ3) is 2.72. The van der Waals surface area contributed by atoms with Crippen molar-refractivity contribution in [3.05, 3.63) is 73.7 Å². The zero-order valence-electron chi connectivity index (χ0n) is 11.1. The van der Waals surface area contributed by atoms with Gasteiger partial charge in [0.2, 0.25) is 4.67 Å². The molecule has 0 bridgehead atoms. The fraction of sp³-hybridized carbons (Fsp3) is 0. The number of nitro benzene ring substituents is 1. The Morgan fingerprint density at radius 2 is 1.86 bits per heavy atom. The van der Waals surface area contributed by atoms with Crippen LogP contribution in [0, 0.1) is 10.1 Å². The highest BCUT2D eigenvalue weighted by Gasteiger charge is 2.11. The number of nitrogens with one attached hydrogen (secondary N) is 2. The van der Waals surface area contributed by atoms with E-state index in [2.05, 4.69) is 15.5 Å². The van der Waals surface area contributed by atoms with E-state index < -0.39 is 4.92 Å². The molecular formula is C14H10N4O3S. The smallest absolute Gasteiger partial charge is 0.294 e. The number of aromatic amines is 1.